The van der Waals surface area contributed by atoms with Crippen molar-refractivity contribution in [1.82, 2.24) is 0 Å². The minimum absolute atomic E-state index is 0.162. The van der Waals surface area contributed by atoms with Crippen molar-refractivity contribution in [3.05, 3.63) is 58.1 Å². The Hall–Kier alpha value is -1.96. The molecule has 1 amide bonds. The van der Waals surface area contributed by atoms with Crippen molar-refractivity contribution in [2.45, 2.75) is 18.7 Å². The van der Waals surface area contributed by atoms with E-state index in [1.165, 1.54) is 11.8 Å². The van der Waals surface area contributed by atoms with Crippen LogP contribution in [0.25, 0.3) is 0 Å². The fourth-order valence-electron chi connectivity index (χ4n) is 1.91. The lowest BCUT2D eigenvalue weighted by Crippen LogP contribution is -2.15. The maximum Gasteiger partial charge on any atom is 0.234 e. The number of nitriles is 1. The smallest absolute Gasteiger partial charge is 0.234 e. The molecular formula is C17H15ClN2OS. The number of benzene rings is 2. The van der Waals surface area contributed by atoms with Gasteiger partial charge in [-0.1, -0.05) is 29.3 Å². The number of hydrogen-bond donors (Lipinski definition) is 1. The maximum absolute atomic E-state index is 12.1. The van der Waals surface area contributed by atoms with Crippen molar-refractivity contribution < 1.29 is 4.79 Å². The minimum atomic E-state index is -0.162. The summed E-state index contributed by atoms with van der Waals surface area (Å²) >= 11 is 7.38. The third kappa shape index (κ3) is 4.27. The molecule has 0 atom stereocenters. The summed E-state index contributed by atoms with van der Waals surface area (Å²) in [5, 5.41) is 12.3. The first-order valence-corrected chi connectivity index (χ1v) is 8.05. The van der Waals surface area contributed by atoms with Crippen molar-refractivity contribution in [2.75, 3.05) is 11.1 Å². The number of nitrogens with one attached hydrogen (secondary N) is 1. The van der Waals surface area contributed by atoms with Crippen LogP contribution in [-0.2, 0) is 4.79 Å². The Morgan fingerprint density at radius 1 is 1.27 bits per heavy atom. The summed E-state index contributed by atoms with van der Waals surface area (Å²) in [7, 11) is 0. The molecule has 0 aromatic heterocycles. The molecule has 2 rings (SSSR count). The van der Waals surface area contributed by atoms with E-state index >= 15 is 0 Å². The molecule has 0 fully saturated rings. The molecule has 0 spiro atoms. The van der Waals surface area contributed by atoms with Crippen LogP contribution in [0.4, 0.5) is 5.69 Å². The summed E-state index contributed by atoms with van der Waals surface area (Å²) in [5.41, 5.74) is 3.15. The van der Waals surface area contributed by atoms with Crippen molar-refractivity contribution in [1.29, 1.82) is 5.26 Å². The van der Waals surface area contributed by atoms with Gasteiger partial charge in [0.1, 0.15) is 6.07 Å². The van der Waals surface area contributed by atoms with E-state index in [0.717, 1.165) is 16.0 Å². The quantitative estimate of drug-likeness (QED) is 0.836. The lowest BCUT2D eigenvalue weighted by Gasteiger charge is -2.09. The van der Waals surface area contributed by atoms with E-state index in [2.05, 4.69) is 11.4 Å². The lowest BCUT2D eigenvalue weighted by molar-refractivity contribution is -0.113. The molecule has 0 saturated heterocycles. The summed E-state index contributed by atoms with van der Waals surface area (Å²) in [6.45, 7) is 4.04. The summed E-state index contributed by atoms with van der Waals surface area (Å²) in [4.78, 5) is 13.2. The number of aryl methyl sites for hydroxylation is 2. The number of carbonyl (C=O) groups is 1. The highest BCUT2D eigenvalue weighted by Gasteiger charge is 2.09. The summed E-state index contributed by atoms with van der Waals surface area (Å²) in [6, 6.07) is 13.0. The Labute approximate surface area is 139 Å². The van der Waals surface area contributed by atoms with E-state index in [1.54, 1.807) is 18.2 Å². The molecule has 0 aliphatic heterocycles. The molecule has 3 nitrogen and oxygen atoms in total. The number of nitrogens with zero attached hydrogens (tertiary/aromatic N) is 1. The van der Waals surface area contributed by atoms with Crippen molar-refractivity contribution in [3.8, 4) is 6.07 Å². The van der Waals surface area contributed by atoms with Crippen LogP contribution in [0.5, 0.6) is 0 Å². The molecule has 5 heteroatoms. The van der Waals surface area contributed by atoms with E-state index in [0.29, 0.717) is 16.3 Å². The molecule has 0 saturated carbocycles. The molecule has 0 heterocycles. The predicted octanol–water partition coefficient (Wildman–Crippen LogP) is 4.56. The standard InChI is InChI=1S/C17H15ClN2OS/c1-11-3-4-12(2)16(7-11)22-10-17(21)20-15-8-14(18)6-5-13(15)9-19/h3-8H,10H2,1-2H3,(H,20,21). The van der Waals surface area contributed by atoms with Gasteiger partial charge in [-0.2, -0.15) is 5.26 Å². The zero-order valence-electron chi connectivity index (χ0n) is 12.3. The molecule has 2 aromatic rings. The Bertz CT molecular complexity index is 753. The van der Waals surface area contributed by atoms with Crippen LogP contribution >= 0.6 is 23.4 Å². The van der Waals surface area contributed by atoms with E-state index in [1.807, 2.05) is 32.0 Å². The number of anilines is 1. The van der Waals surface area contributed by atoms with Gasteiger partial charge in [0, 0.05) is 9.92 Å². The molecule has 0 aliphatic carbocycles. The number of carbonyl (C=O) groups excluding carboxylic acids is 1. The molecule has 0 unspecified atom stereocenters. The Kier molecular flexibility index (Phi) is 5.48. The second-order valence-electron chi connectivity index (χ2n) is 4.91. The van der Waals surface area contributed by atoms with E-state index in [4.69, 9.17) is 16.9 Å². The second-order valence-corrected chi connectivity index (χ2v) is 6.36. The van der Waals surface area contributed by atoms with Crippen LogP contribution in [0.15, 0.2) is 41.3 Å². The third-order valence-corrected chi connectivity index (χ3v) is 4.47. The summed E-state index contributed by atoms with van der Waals surface area (Å²) < 4.78 is 0. The third-order valence-electron chi connectivity index (χ3n) is 3.08. The van der Waals surface area contributed by atoms with Gasteiger partial charge < -0.3 is 5.32 Å². The predicted molar refractivity (Wildman–Crippen MR) is 91.4 cm³/mol. The Morgan fingerprint density at radius 3 is 2.77 bits per heavy atom. The molecular weight excluding hydrogens is 316 g/mol. The van der Waals surface area contributed by atoms with Crippen LogP contribution < -0.4 is 5.32 Å². The average Bonchev–Trinajstić information content (AvgIpc) is 2.48. The fourth-order valence-corrected chi connectivity index (χ4v) is 3.01. The minimum Gasteiger partial charge on any atom is -0.324 e. The molecule has 2 aromatic carbocycles. The van der Waals surface area contributed by atoms with Gasteiger partial charge in [-0.25, -0.2) is 0 Å². The number of amides is 1. The van der Waals surface area contributed by atoms with Gasteiger partial charge in [0.05, 0.1) is 17.0 Å². The SMILES string of the molecule is Cc1ccc(C)c(SCC(=O)Nc2cc(Cl)ccc2C#N)c1. The van der Waals surface area contributed by atoms with Gasteiger partial charge in [-0.15, -0.1) is 11.8 Å². The topological polar surface area (TPSA) is 52.9 Å². The molecule has 0 aliphatic rings. The van der Waals surface area contributed by atoms with Crippen molar-refractivity contribution >= 4 is 35.0 Å². The van der Waals surface area contributed by atoms with E-state index in [9.17, 15) is 4.79 Å². The fraction of sp³-hybridized carbons (Fsp3) is 0.176. The van der Waals surface area contributed by atoms with Crippen molar-refractivity contribution in [3.63, 3.8) is 0 Å². The molecule has 0 radical (unpaired) electrons. The highest BCUT2D eigenvalue weighted by molar-refractivity contribution is 8.00. The number of rotatable bonds is 4. The van der Waals surface area contributed by atoms with Crippen molar-refractivity contribution in [2.24, 2.45) is 0 Å². The Balaban J connectivity index is 2.03. The number of hydrogen-bond acceptors (Lipinski definition) is 3. The first-order chi connectivity index (χ1) is 10.5. The maximum atomic E-state index is 12.1. The van der Waals surface area contributed by atoms with Crippen LogP contribution in [-0.4, -0.2) is 11.7 Å². The van der Waals surface area contributed by atoms with Crippen LogP contribution in [0, 0.1) is 25.2 Å². The molecule has 1 N–H and O–H groups in total. The normalized spacial score (nSPS) is 10.1. The molecule has 22 heavy (non-hydrogen) atoms. The lowest BCUT2D eigenvalue weighted by atomic mass is 10.2. The highest BCUT2D eigenvalue weighted by Crippen LogP contribution is 2.25. The van der Waals surface area contributed by atoms with Gasteiger partial charge in [0.25, 0.3) is 0 Å². The average molecular weight is 331 g/mol. The second kappa shape index (κ2) is 7.35. The van der Waals surface area contributed by atoms with Crippen LogP contribution in [0.3, 0.4) is 0 Å². The van der Waals surface area contributed by atoms with Gasteiger partial charge in [0.15, 0.2) is 0 Å². The molecule has 112 valence electrons. The largest absolute Gasteiger partial charge is 0.324 e. The van der Waals surface area contributed by atoms with Gasteiger partial charge >= 0.3 is 0 Å². The molecule has 0 bridgehead atoms. The van der Waals surface area contributed by atoms with Crippen LogP contribution in [0.1, 0.15) is 16.7 Å². The zero-order valence-corrected chi connectivity index (χ0v) is 13.9. The van der Waals surface area contributed by atoms with E-state index in [-0.39, 0.29) is 11.7 Å². The summed E-state index contributed by atoms with van der Waals surface area (Å²) in [5.74, 6) is 0.117. The van der Waals surface area contributed by atoms with Gasteiger partial charge in [-0.3, -0.25) is 4.79 Å². The van der Waals surface area contributed by atoms with E-state index < -0.39 is 0 Å². The first kappa shape index (κ1) is 16.4. The number of thioether (sulfide) groups is 1. The first-order valence-electron chi connectivity index (χ1n) is 6.69. The van der Waals surface area contributed by atoms with Crippen LogP contribution in [0.2, 0.25) is 5.02 Å². The number of halogens is 1. The monoisotopic (exact) mass is 330 g/mol. The Morgan fingerprint density at radius 2 is 2.05 bits per heavy atom. The zero-order chi connectivity index (χ0) is 16.1. The van der Waals surface area contributed by atoms with Gasteiger partial charge in [0.2, 0.25) is 5.91 Å². The van der Waals surface area contributed by atoms with Gasteiger partial charge in [-0.05, 0) is 43.7 Å². The highest BCUT2D eigenvalue weighted by atomic mass is 35.5. The summed E-state index contributed by atoms with van der Waals surface area (Å²) in [6.07, 6.45) is 0.